The maximum absolute atomic E-state index is 11.6. The minimum absolute atomic E-state index is 0.0671. The molecule has 0 amide bonds. The van der Waals surface area contributed by atoms with Gasteiger partial charge in [0.05, 0.1) is 0 Å². The Bertz CT molecular complexity index is 363. The van der Waals surface area contributed by atoms with Crippen LogP contribution in [-0.2, 0) is 11.2 Å². The van der Waals surface area contributed by atoms with Gasteiger partial charge in [-0.3, -0.25) is 4.79 Å². The molecule has 0 radical (unpaired) electrons. The van der Waals surface area contributed by atoms with Crippen molar-refractivity contribution in [2.45, 2.75) is 20.3 Å². The van der Waals surface area contributed by atoms with Crippen molar-refractivity contribution in [1.82, 2.24) is 0 Å². The lowest BCUT2D eigenvalue weighted by molar-refractivity contribution is -0.122. The monoisotopic (exact) mass is 222 g/mol. The van der Waals surface area contributed by atoms with E-state index in [1.54, 1.807) is 0 Å². The molecule has 2 heteroatoms. The average molecular weight is 223 g/mol. The largest absolute Gasteiger partial charge is 0.294 e. The summed E-state index contributed by atoms with van der Waals surface area (Å²) in [7, 11) is 0. The third-order valence-electron chi connectivity index (χ3n) is 2.41. The third-order valence-corrected chi connectivity index (χ3v) is 2.66. The SMILES string of the molecule is C=CC(=O)C(C)(C)Cc1ccc(Cl)cc1. The number of halogens is 1. The van der Waals surface area contributed by atoms with E-state index in [4.69, 9.17) is 11.6 Å². The first-order valence-electron chi connectivity index (χ1n) is 4.87. The Kier molecular flexibility index (Phi) is 3.70. The number of rotatable bonds is 4. The van der Waals surface area contributed by atoms with Gasteiger partial charge in [-0.25, -0.2) is 0 Å². The molecule has 0 aliphatic heterocycles. The van der Waals surface area contributed by atoms with Crippen molar-refractivity contribution in [3.63, 3.8) is 0 Å². The second kappa shape index (κ2) is 4.63. The Morgan fingerprint density at radius 2 is 1.93 bits per heavy atom. The lowest BCUT2D eigenvalue weighted by Crippen LogP contribution is -2.24. The standard InChI is InChI=1S/C13H15ClO/c1-4-12(15)13(2,3)9-10-5-7-11(14)8-6-10/h4-8H,1,9H2,2-3H3. The molecule has 0 spiro atoms. The summed E-state index contributed by atoms with van der Waals surface area (Å²) in [5, 5.41) is 0.714. The second-order valence-electron chi connectivity index (χ2n) is 4.26. The number of ketones is 1. The van der Waals surface area contributed by atoms with Crippen molar-refractivity contribution in [1.29, 1.82) is 0 Å². The minimum Gasteiger partial charge on any atom is -0.294 e. The van der Waals surface area contributed by atoms with Gasteiger partial charge in [-0.2, -0.15) is 0 Å². The first kappa shape index (κ1) is 12.0. The van der Waals surface area contributed by atoms with Crippen LogP contribution in [0.15, 0.2) is 36.9 Å². The molecule has 1 aromatic rings. The molecule has 80 valence electrons. The summed E-state index contributed by atoms with van der Waals surface area (Å²) >= 11 is 5.79. The van der Waals surface area contributed by atoms with Crippen LogP contribution < -0.4 is 0 Å². The van der Waals surface area contributed by atoms with Crippen LogP contribution >= 0.6 is 11.6 Å². The fourth-order valence-corrected chi connectivity index (χ4v) is 1.60. The van der Waals surface area contributed by atoms with Crippen LogP contribution in [0.4, 0.5) is 0 Å². The number of carbonyl (C=O) groups is 1. The molecule has 1 rings (SSSR count). The Hall–Kier alpha value is -1.08. The summed E-state index contributed by atoms with van der Waals surface area (Å²) in [5.41, 5.74) is 0.717. The highest BCUT2D eigenvalue weighted by Crippen LogP contribution is 2.24. The molecule has 0 saturated carbocycles. The predicted octanol–water partition coefficient (Wildman–Crippen LogP) is 3.66. The van der Waals surface area contributed by atoms with E-state index in [1.165, 1.54) is 6.08 Å². The van der Waals surface area contributed by atoms with E-state index in [9.17, 15) is 4.79 Å². The van der Waals surface area contributed by atoms with Crippen molar-refractivity contribution >= 4 is 17.4 Å². The van der Waals surface area contributed by atoms with Gasteiger partial charge in [-0.15, -0.1) is 0 Å². The number of hydrogen-bond donors (Lipinski definition) is 0. The molecule has 0 aliphatic rings. The van der Waals surface area contributed by atoms with Gasteiger partial charge in [0.25, 0.3) is 0 Å². The molecular weight excluding hydrogens is 208 g/mol. The smallest absolute Gasteiger partial charge is 0.161 e. The molecular formula is C13H15ClO. The second-order valence-corrected chi connectivity index (χ2v) is 4.69. The number of benzene rings is 1. The maximum atomic E-state index is 11.6. The molecule has 0 unspecified atom stereocenters. The molecule has 1 nitrogen and oxygen atoms in total. The Morgan fingerprint density at radius 3 is 2.40 bits per heavy atom. The highest BCUT2D eigenvalue weighted by atomic mass is 35.5. The predicted molar refractivity (Wildman–Crippen MR) is 64.1 cm³/mol. The fraction of sp³-hybridized carbons (Fsp3) is 0.308. The molecule has 0 N–H and O–H groups in total. The first-order chi connectivity index (χ1) is 6.95. The zero-order valence-corrected chi connectivity index (χ0v) is 9.84. The summed E-state index contributed by atoms with van der Waals surface area (Å²) in [6, 6.07) is 7.57. The van der Waals surface area contributed by atoms with E-state index in [0.717, 1.165) is 5.56 Å². The minimum atomic E-state index is -0.393. The van der Waals surface area contributed by atoms with Gasteiger partial charge in [0.1, 0.15) is 0 Å². The molecule has 0 saturated heterocycles. The number of carbonyl (C=O) groups excluding carboxylic acids is 1. The van der Waals surface area contributed by atoms with E-state index < -0.39 is 5.41 Å². The molecule has 0 fully saturated rings. The van der Waals surface area contributed by atoms with Gasteiger partial charge >= 0.3 is 0 Å². The van der Waals surface area contributed by atoms with E-state index >= 15 is 0 Å². The normalized spacial score (nSPS) is 11.1. The molecule has 15 heavy (non-hydrogen) atoms. The Labute approximate surface area is 95.8 Å². The highest BCUT2D eigenvalue weighted by molar-refractivity contribution is 6.30. The molecule has 1 aromatic carbocycles. The van der Waals surface area contributed by atoms with Gasteiger partial charge in [0, 0.05) is 10.4 Å². The summed E-state index contributed by atoms with van der Waals surface area (Å²) in [5.74, 6) is 0.0671. The lowest BCUT2D eigenvalue weighted by atomic mass is 9.82. The molecule has 0 atom stereocenters. The summed E-state index contributed by atoms with van der Waals surface area (Å²) < 4.78 is 0. The van der Waals surface area contributed by atoms with E-state index in [0.29, 0.717) is 11.4 Å². The van der Waals surface area contributed by atoms with E-state index in [2.05, 4.69) is 6.58 Å². The van der Waals surface area contributed by atoms with Crippen molar-refractivity contribution in [3.05, 3.63) is 47.5 Å². The van der Waals surface area contributed by atoms with Crippen molar-refractivity contribution in [2.75, 3.05) is 0 Å². The van der Waals surface area contributed by atoms with Crippen LogP contribution in [0, 0.1) is 5.41 Å². The fourth-order valence-electron chi connectivity index (χ4n) is 1.48. The molecule has 0 heterocycles. The molecule has 0 aromatic heterocycles. The van der Waals surface area contributed by atoms with Crippen molar-refractivity contribution < 1.29 is 4.79 Å². The maximum Gasteiger partial charge on any atom is 0.161 e. The van der Waals surface area contributed by atoms with Crippen LogP contribution in [0.2, 0.25) is 5.02 Å². The van der Waals surface area contributed by atoms with Crippen LogP contribution in [0.3, 0.4) is 0 Å². The van der Waals surface area contributed by atoms with E-state index in [1.807, 2.05) is 38.1 Å². The zero-order valence-electron chi connectivity index (χ0n) is 9.09. The van der Waals surface area contributed by atoms with Crippen LogP contribution in [0.25, 0.3) is 0 Å². The van der Waals surface area contributed by atoms with Gasteiger partial charge in [-0.1, -0.05) is 44.2 Å². The quantitative estimate of drug-likeness (QED) is 0.711. The zero-order chi connectivity index (χ0) is 11.5. The number of hydrogen-bond acceptors (Lipinski definition) is 1. The van der Waals surface area contributed by atoms with Gasteiger partial charge in [0.15, 0.2) is 5.78 Å². The van der Waals surface area contributed by atoms with Crippen LogP contribution in [0.5, 0.6) is 0 Å². The summed E-state index contributed by atoms with van der Waals surface area (Å²) in [6.07, 6.45) is 2.09. The molecule has 0 aliphatic carbocycles. The van der Waals surface area contributed by atoms with E-state index in [-0.39, 0.29) is 5.78 Å². The van der Waals surface area contributed by atoms with Gasteiger partial charge < -0.3 is 0 Å². The summed E-state index contributed by atoms with van der Waals surface area (Å²) in [4.78, 5) is 11.6. The average Bonchev–Trinajstić information content (AvgIpc) is 2.20. The van der Waals surface area contributed by atoms with Gasteiger partial charge in [0.2, 0.25) is 0 Å². The third kappa shape index (κ3) is 3.21. The number of allylic oxidation sites excluding steroid dienone is 1. The lowest BCUT2D eigenvalue weighted by Gasteiger charge is -2.21. The van der Waals surface area contributed by atoms with Crippen LogP contribution in [-0.4, -0.2) is 5.78 Å². The first-order valence-corrected chi connectivity index (χ1v) is 5.25. The Balaban J connectivity index is 2.81. The highest BCUT2D eigenvalue weighted by Gasteiger charge is 2.25. The summed E-state index contributed by atoms with van der Waals surface area (Å²) in [6.45, 7) is 7.36. The van der Waals surface area contributed by atoms with Crippen molar-refractivity contribution in [3.8, 4) is 0 Å². The molecule has 0 bridgehead atoms. The topological polar surface area (TPSA) is 17.1 Å². The van der Waals surface area contributed by atoms with Gasteiger partial charge in [-0.05, 0) is 30.2 Å². The Morgan fingerprint density at radius 1 is 1.40 bits per heavy atom. The van der Waals surface area contributed by atoms with Crippen molar-refractivity contribution in [2.24, 2.45) is 5.41 Å². The van der Waals surface area contributed by atoms with Crippen LogP contribution in [0.1, 0.15) is 19.4 Å².